The number of nitrogens with zero attached hydrogens (tertiary/aromatic N) is 1. The number of aryl methyl sites for hydroxylation is 1. The minimum atomic E-state index is -0.0254. The molecule has 4 rings (SSSR count). The van der Waals surface area contributed by atoms with E-state index in [4.69, 9.17) is 9.15 Å². The molecule has 1 aliphatic heterocycles. The number of fused-ring (bicyclic) bond motifs is 1. The van der Waals surface area contributed by atoms with Crippen molar-refractivity contribution in [2.24, 2.45) is 0 Å². The van der Waals surface area contributed by atoms with E-state index in [1.807, 2.05) is 30.0 Å². The predicted molar refractivity (Wildman–Crippen MR) is 112 cm³/mol. The van der Waals surface area contributed by atoms with Gasteiger partial charge >= 0.3 is 0 Å². The molecule has 0 unspecified atom stereocenters. The summed E-state index contributed by atoms with van der Waals surface area (Å²) in [6.45, 7) is 6.31. The zero-order valence-electron chi connectivity index (χ0n) is 16.1. The Balaban J connectivity index is 1.47. The third-order valence-electron chi connectivity index (χ3n) is 5.46. The van der Waals surface area contributed by atoms with Gasteiger partial charge in [0.25, 0.3) is 5.91 Å². The Morgan fingerprint density at radius 1 is 1.21 bits per heavy atom. The molecular formula is C22H24BrN2O3+. The molecule has 0 aliphatic carbocycles. The van der Waals surface area contributed by atoms with Gasteiger partial charge in [0.1, 0.15) is 17.9 Å². The highest BCUT2D eigenvalue weighted by atomic mass is 79.9. The Bertz CT molecular complexity index is 992. The SMILES string of the molecule is COc1cc2oc(C(=O)N3CC[NH+](Cc4ccccc4)CC3)c(C)c2cc1Br. The molecular weight excluding hydrogens is 420 g/mol. The largest absolute Gasteiger partial charge is 0.495 e. The number of rotatable bonds is 4. The fraction of sp³-hybridized carbons (Fsp3) is 0.318. The molecule has 1 aromatic heterocycles. The van der Waals surface area contributed by atoms with E-state index in [-0.39, 0.29) is 5.91 Å². The normalized spacial score (nSPS) is 15.2. The van der Waals surface area contributed by atoms with Gasteiger partial charge in [0.05, 0.1) is 37.8 Å². The minimum Gasteiger partial charge on any atom is -0.495 e. The number of quaternary nitrogens is 1. The molecule has 0 saturated carbocycles. The monoisotopic (exact) mass is 443 g/mol. The van der Waals surface area contributed by atoms with E-state index in [1.54, 1.807) is 7.11 Å². The highest BCUT2D eigenvalue weighted by molar-refractivity contribution is 9.10. The van der Waals surface area contributed by atoms with Crippen LogP contribution in [0, 0.1) is 6.92 Å². The number of amides is 1. The maximum atomic E-state index is 13.1. The highest BCUT2D eigenvalue weighted by Crippen LogP contribution is 2.34. The molecule has 1 N–H and O–H groups in total. The average molecular weight is 444 g/mol. The van der Waals surface area contributed by atoms with Crippen molar-refractivity contribution >= 4 is 32.8 Å². The molecule has 0 bridgehead atoms. The van der Waals surface area contributed by atoms with Crippen molar-refractivity contribution in [2.45, 2.75) is 13.5 Å². The maximum Gasteiger partial charge on any atom is 0.290 e. The van der Waals surface area contributed by atoms with Crippen LogP contribution in [0.25, 0.3) is 11.0 Å². The van der Waals surface area contributed by atoms with Gasteiger partial charge in [-0.25, -0.2) is 0 Å². The second-order valence-corrected chi connectivity index (χ2v) is 8.10. The van der Waals surface area contributed by atoms with E-state index < -0.39 is 0 Å². The lowest BCUT2D eigenvalue weighted by Crippen LogP contribution is -3.13. The minimum absolute atomic E-state index is 0.0254. The van der Waals surface area contributed by atoms with E-state index in [2.05, 4.69) is 40.2 Å². The van der Waals surface area contributed by atoms with Crippen LogP contribution in [-0.2, 0) is 6.54 Å². The van der Waals surface area contributed by atoms with Crippen molar-refractivity contribution in [3.8, 4) is 5.75 Å². The molecule has 6 heteroatoms. The first-order chi connectivity index (χ1) is 13.6. The van der Waals surface area contributed by atoms with Crippen molar-refractivity contribution in [3.05, 3.63) is 63.8 Å². The number of hydrogen-bond acceptors (Lipinski definition) is 3. The Hall–Kier alpha value is -2.31. The molecule has 28 heavy (non-hydrogen) atoms. The Morgan fingerprint density at radius 3 is 2.61 bits per heavy atom. The van der Waals surface area contributed by atoms with Gasteiger partial charge in [0.15, 0.2) is 5.76 Å². The molecule has 146 valence electrons. The molecule has 2 heterocycles. The van der Waals surface area contributed by atoms with Crippen LogP contribution in [0.2, 0.25) is 0 Å². The summed E-state index contributed by atoms with van der Waals surface area (Å²) in [6, 6.07) is 14.3. The van der Waals surface area contributed by atoms with Gasteiger partial charge in [-0.15, -0.1) is 0 Å². The number of piperazine rings is 1. The Morgan fingerprint density at radius 2 is 1.93 bits per heavy atom. The van der Waals surface area contributed by atoms with E-state index in [9.17, 15) is 4.79 Å². The van der Waals surface area contributed by atoms with Crippen molar-refractivity contribution in [1.82, 2.24) is 4.90 Å². The second kappa shape index (κ2) is 7.97. The van der Waals surface area contributed by atoms with E-state index >= 15 is 0 Å². The highest BCUT2D eigenvalue weighted by Gasteiger charge is 2.28. The van der Waals surface area contributed by atoms with Gasteiger partial charge in [0, 0.05) is 22.6 Å². The zero-order chi connectivity index (χ0) is 19.7. The molecule has 0 radical (unpaired) electrons. The summed E-state index contributed by atoms with van der Waals surface area (Å²) in [7, 11) is 1.62. The number of halogens is 1. The Kier molecular flexibility index (Phi) is 5.42. The molecule has 0 atom stereocenters. The zero-order valence-corrected chi connectivity index (χ0v) is 17.7. The number of carbonyl (C=O) groups is 1. The number of ether oxygens (including phenoxy) is 1. The maximum absolute atomic E-state index is 13.1. The average Bonchev–Trinajstić information content (AvgIpc) is 3.04. The summed E-state index contributed by atoms with van der Waals surface area (Å²) >= 11 is 3.50. The van der Waals surface area contributed by atoms with Crippen LogP contribution in [-0.4, -0.2) is 44.1 Å². The molecule has 1 saturated heterocycles. The lowest BCUT2D eigenvalue weighted by molar-refractivity contribution is -0.917. The fourth-order valence-corrected chi connectivity index (χ4v) is 4.32. The van der Waals surface area contributed by atoms with E-state index in [0.717, 1.165) is 48.1 Å². The summed E-state index contributed by atoms with van der Waals surface area (Å²) < 4.78 is 12.1. The number of furan rings is 1. The van der Waals surface area contributed by atoms with Gasteiger partial charge in [-0.2, -0.15) is 0 Å². The molecule has 1 aliphatic rings. The molecule has 1 fully saturated rings. The van der Waals surface area contributed by atoms with Crippen LogP contribution >= 0.6 is 15.9 Å². The summed E-state index contributed by atoms with van der Waals surface area (Å²) in [6.07, 6.45) is 0. The second-order valence-electron chi connectivity index (χ2n) is 7.24. The fourth-order valence-electron chi connectivity index (χ4n) is 3.81. The summed E-state index contributed by atoms with van der Waals surface area (Å²) in [5.41, 5.74) is 2.89. The lowest BCUT2D eigenvalue weighted by Gasteiger charge is -2.31. The van der Waals surface area contributed by atoms with Crippen LogP contribution in [0.5, 0.6) is 5.75 Å². The number of methoxy groups -OCH3 is 1. The van der Waals surface area contributed by atoms with Gasteiger partial charge in [-0.3, -0.25) is 4.79 Å². The summed E-state index contributed by atoms with van der Waals surface area (Å²) in [5.74, 6) is 1.10. The number of nitrogens with one attached hydrogen (secondary N) is 1. The molecule has 1 amide bonds. The molecule has 3 aromatic rings. The summed E-state index contributed by atoms with van der Waals surface area (Å²) in [4.78, 5) is 16.5. The first-order valence-corrected chi connectivity index (χ1v) is 10.3. The predicted octanol–water partition coefficient (Wildman–Crippen LogP) is 3.05. The Labute approximate surface area is 173 Å². The molecule has 5 nitrogen and oxygen atoms in total. The van der Waals surface area contributed by atoms with Gasteiger partial charge in [0.2, 0.25) is 0 Å². The molecule has 0 spiro atoms. The summed E-state index contributed by atoms with van der Waals surface area (Å²) in [5, 5.41) is 0.935. The molecule has 2 aromatic carbocycles. The van der Waals surface area contributed by atoms with Crippen molar-refractivity contribution in [3.63, 3.8) is 0 Å². The van der Waals surface area contributed by atoms with Crippen LogP contribution in [0.3, 0.4) is 0 Å². The standard InChI is InChI=1S/C22H23BrN2O3/c1-15-17-12-18(23)20(27-2)13-19(17)28-21(15)22(26)25-10-8-24(9-11-25)14-16-6-4-3-5-7-16/h3-7,12-13H,8-11,14H2,1-2H3/p+1. The smallest absolute Gasteiger partial charge is 0.290 e. The first kappa shape index (κ1) is 19.0. The first-order valence-electron chi connectivity index (χ1n) is 9.50. The third-order valence-corrected chi connectivity index (χ3v) is 6.08. The van der Waals surface area contributed by atoms with E-state index in [1.165, 1.54) is 10.5 Å². The number of hydrogen-bond donors (Lipinski definition) is 1. The lowest BCUT2D eigenvalue weighted by atomic mass is 10.1. The van der Waals surface area contributed by atoms with Crippen LogP contribution in [0.15, 0.2) is 51.4 Å². The van der Waals surface area contributed by atoms with Crippen LogP contribution in [0.1, 0.15) is 21.7 Å². The van der Waals surface area contributed by atoms with Crippen LogP contribution in [0.4, 0.5) is 0 Å². The van der Waals surface area contributed by atoms with Gasteiger partial charge < -0.3 is 19.0 Å². The van der Waals surface area contributed by atoms with E-state index in [0.29, 0.717) is 17.1 Å². The van der Waals surface area contributed by atoms with Gasteiger partial charge in [-0.05, 0) is 28.9 Å². The van der Waals surface area contributed by atoms with Crippen LogP contribution < -0.4 is 9.64 Å². The van der Waals surface area contributed by atoms with Crippen molar-refractivity contribution in [1.29, 1.82) is 0 Å². The third kappa shape index (κ3) is 3.66. The van der Waals surface area contributed by atoms with Gasteiger partial charge in [-0.1, -0.05) is 30.3 Å². The number of carbonyl (C=O) groups excluding carboxylic acids is 1. The van der Waals surface area contributed by atoms with Crippen molar-refractivity contribution in [2.75, 3.05) is 33.3 Å². The topological polar surface area (TPSA) is 47.1 Å². The van der Waals surface area contributed by atoms with Crippen molar-refractivity contribution < 1.29 is 18.8 Å². The number of benzene rings is 2. The quantitative estimate of drug-likeness (QED) is 0.673.